The third-order valence-electron chi connectivity index (χ3n) is 2.76. The Morgan fingerprint density at radius 2 is 2.16 bits per heavy atom. The number of aromatic nitrogens is 1. The van der Waals surface area contributed by atoms with Gasteiger partial charge in [0.25, 0.3) is 0 Å². The van der Waals surface area contributed by atoms with Crippen LogP contribution in [-0.4, -0.2) is 22.9 Å². The summed E-state index contributed by atoms with van der Waals surface area (Å²) in [4.78, 5) is 14.5. The number of nitrogens with zero attached hydrogens (tertiary/aromatic N) is 1. The van der Waals surface area contributed by atoms with Crippen LogP contribution in [0, 0.1) is 0 Å². The molecule has 1 aliphatic heterocycles. The van der Waals surface area contributed by atoms with Crippen molar-refractivity contribution < 1.29 is 23.8 Å². The summed E-state index contributed by atoms with van der Waals surface area (Å²) in [6.07, 6.45) is 1.86. The van der Waals surface area contributed by atoms with Crippen LogP contribution < -0.4 is 9.47 Å². The molecule has 0 spiro atoms. The number of carboxylic acid groups (broad SMARTS) is 1. The Bertz CT molecular complexity index is 619. The molecule has 6 heteroatoms. The van der Waals surface area contributed by atoms with Gasteiger partial charge in [0.05, 0.1) is 12.6 Å². The van der Waals surface area contributed by atoms with Crippen LogP contribution in [0.25, 0.3) is 11.3 Å². The SMILES string of the molecule is O=C(O)CCc1ncc(-c2ccc3c(c2)OCO3)o1. The number of ether oxygens (including phenoxy) is 2. The zero-order valence-corrected chi connectivity index (χ0v) is 9.96. The van der Waals surface area contributed by atoms with E-state index in [1.54, 1.807) is 12.3 Å². The molecule has 1 aliphatic rings. The van der Waals surface area contributed by atoms with E-state index in [4.69, 9.17) is 19.0 Å². The van der Waals surface area contributed by atoms with Crippen molar-refractivity contribution in [1.29, 1.82) is 0 Å². The highest BCUT2D eigenvalue weighted by Crippen LogP contribution is 2.36. The van der Waals surface area contributed by atoms with Crippen LogP contribution in [0.5, 0.6) is 11.5 Å². The van der Waals surface area contributed by atoms with Crippen molar-refractivity contribution in [3.05, 3.63) is 30.3 Å². The summed E-state index contributed by atoms with van der Waals surface area (Å²) < 4.78 is 16.0. The average Bonchev–Trinajstić information content (AvgIpc) is 3.04. The van der Waals surface area contributed by atoms with E-state index < -0.39 is 5.97 Å². The zero-order chi connectivity index (χ0) is 13.2. The van der Waals surface area contributed by atoms with Crippen molar-refractivity contribution in [2.45, 2.75) is 12.8 Å². The van der Waals surface area contributed by atoms with Gasteiger partial charge in [0.15, 0.2) is 23.1 Å². The van der Waals surface area contributed by atoms with E-state index in [-0.39, 0.29) is 19.6 Å². The summed E-state index contributed by atoms with van der Waals surface area (Å²) in [5, 5.41) is 8.60. The Morgan fingerprint density at radius 1 is 1.32 bits per heavy atom. The minimum absolute atomic E-state index is 0.00108. The number of rotatable bonds is 4. The average molecular weight is 261 g/mol. The van der Waals surface area contributed by atoms with Gasteiger partial charge < -0.3 is 19.0 Å². The predicted molar refractivity (Wildman–Crippen MR) is 64.0 cm³/mol. The molecule has 0 aliphatic carbocycles. The first-order valence-corrected chi connectivity index (χ1v) is 5.79. The number of aliphatic carboxylic acids is 1. The molecule has 0 bridgehead atoms. The second-order valence-corrected chi connectivity index (χ2v) is 4.08. The highest BCUT2D eigenvalue weighted by molar-refractivity contribution is 5.67. The second-order valence-electron chi connectivity index (χ2n) is 4.08. The number of oxazole rings is 1. The Kier molecular flexibility index (Phi) is 2.83. The molecule has 0 saturated heterocycles. The maximum Gasteiger partial charge on any atom is 0.303 e. The fraction of sp³-hybridized carbons (Fsp3) is 0.231. The van der Waals surface area contributed by atoms with E-state index in [0.29, 0.717) is 23.1 Å². The number of hydrogen-bond donors (Lipinski definition) is 1. The normalized spacial score (nSPS) is 12.6. The third kappa shape index (κ3) is 2.37. The number of benzene rings is 1. The Labute approximate surface area is 108 Å². The van der Waals surface area contributed by atoms with Crippen LogP contribution in [0.2, 0.25) is 0 Å². The maximum atomic E-state index is 10.5. The number of aryl methyl sites for hydroxylation is 1. The minimum Gasteiger partial charge on any atom is -0.481 e. The molecule has 0 amide bonds. The summed E-state index contributed by atoms with van der Waals surface area (Å²) in [5.74, 6) is 1.49. The molecule has 6 nitrogen and oxygen atoms in total. The van der Waals surface area contributed by atoms with Gasteiger partial charge in [-0.3, -0.25) is 4.79 Å². The van der Waals surface area contributed by atoms with Crippen LogP contribution in [0.3, 0.4) is 0 Å². The molecule has 0 fully saturated rings. The summed E-state index contributed by atoms with van der Waals surface area (Å²) in [7, 11) is 0. The monoisotopic (exact) mass is 261 g/mol. The number of carboxylic acids is 1. The first kappa shape index (κ1) is 11.6. The molecular formula is C13H11NO5. The Morgan fingerprint density at radius 3 is 3.00 bits per heavy atom. The van der Waals surface area contributed by atoms with E-state index >= 15 is 0 Å². The lowest BCUT2D eigenvalue weighted by molar-refractivity contribution is -0.137. The zero-order valence-electron chi connectivity index (χ0n) is 9.96. The molecule has 1 aromatic heterocycles. The van der Waals surface area contributed by atoms with Crippen LogP contribution in [0.1, 0.15) is 12.3 Å². The highest BCUT2D eigenvalue weighted by atomic mass is 16.7. The molecule has 98 valence electrons. The predicted octanol–water partition coefficient (Wildman–Crippen LogP) is 2.09. The van der Waals surface area contributed by atoms with Crippen molar-refractivity contribution >= 4 is 5.97 Å². The van der Waals surface area contributed by atoms with Crippen molar-refractivity contribution in [3.8, 4) is 22.8 Å². The second kappa shape index (κ2) is 4.64. The molecule has 0 radical (unpaired) electrons. The lowest BCUT2D eigenvalue weighted by Gasteiger charge is -1.99. The number of carbonyl (C=O) groups is 1. The van der Waals surface area contributed by atoms with E-state index in [2.05, 4.69) is 4.98 Å². The smallest absolute Gasteiger partial charge is 0.303 e. The Hall–Kier alpha value is -2.50. The summed E-state index contributed by atoms with van der Waals surface area (Å²) in [6.45, 7) is 0.221. The maximum absolute atomic E-state index is 10.5. The van der Waals surface area contributed by atoms with Gasteiger partial charge in [-0.1, -0.05) is 0 Å². The summed E-state index contributed by atoms with van der Waals surface area (Å²) >= 11 is 0. The molecule has 19 heavy (non-hydrogen) atoms. The van der Waals surface area contributed by atoms with E-state index in [0.717, 1.165) is 5.56 Å². The van der Waals surface area contributed by atoms with Gasteiger partial charge in [-0.25, -0.2) is 4.98 Å². The van der Waals surface area contributed by atoms with Gasteiger partial charge in [-0.05, 0) is 18.2 Å². The molecular weight excluding hydrogens is 250 g/mol. The third-order valence-corrected chi connectivity index (χ3v) is 2.76. The van der Waals surface area contributed by atoms with Gasteiger partial charge in [-0.15, -0.1) is 0 Å². The summed E-state index contributed by atoms with van der Waals surface area (Å²) in [5.41, 5.74) is 0.818. The van der Waals surface area contributed by atoms with Crippen LogP contribution in [0.15, 0.2) is 28.8 Å². The molecule has 1 N–H and O–H groups in total. The van der Waals surface area contributed by atoms with Crippen LogP contribution >= 0.6 is 0 Å². The van der Waals surface area contributed by atoms with E-state index in [9.17, 15) is 4.79 Å². The van der Waals surface area contributed by atoms with Crippen molar-refractivity contribution in [1.82, 2.24) is 4.98 Å². The molecule has 2 aromatic rings. The standard InChI is InChI=1S/C13H11NO5/c15-13(16)4-3-12-14-6-11(19-12)8-1-2-9-10(5-8)18-7-17-9/h1-2,5-6H,3-4,7H2,(H,15,16). The Balaban J connectivity index is 1.80. The van der Waals surface area contributed by atoms with E-state index in [1.807, 2.05) is 12.1 Å². The first-order chi connectivity index (χ1) is 9.22. The molecule has 0 atom stereocenters. The lowest BCUT2D eigenvalue weighted by atomic mass is 10.1. The van der Waals surface area contributed by atoms with Gasteiger partial charge in [0.1, 0.15) is 0 Å². The largest absolute Gasteiger partial charge is 0.481 e. The van der Waals surface area contributed by atoms with Gasteiger partial charge in [0.2, 0.25) is 6.79 Å². The van der Waals surface area contributed by atoms with Gasteiger partial charge >= 0.3 is 5.97 Å². The molecule has 3 rings (SSSR count). The summed E-state index contributed by atoms with van der Waals surface area (Å²) in [6, 6.07) is 5.45. The minimum atomic E-state index is -0.872. The number of fused-ring (bicyclic) bond motifs is 1. The molecule has 0 saturated carbocycles. The van der Waals surface area contributed by atoms with Gasteiger partial charge in [-0.2, -0.15) is 0 Å². The first-order valence-electron chi connectivity index (χ1n) is 5.79. The van der Waals surface area contributed by atoms with E-state index in [1.165, 1.54) is 0 Å². The fourth-order valence-electron chi connectivity index (χ4n) is 1.82. The van der Waals surface area contributed by atoms with Crippen LogP contribution in [0.4, 0.5) is 0 Å². The molecule has 1 aromatic carbocycles. The fourth-order valence-corrected chi connectivity index (χ4v) is 1.82. The molecule has 2 heterocycles. The topological polar surface area (TPSA) is 81.8 Å². The van der Waals surface area contributed by atoms with Crippen molar-refractivity contribution in [2.75, 3.05) is 6.79 Å². The quantitative estimate of drug-likeness (QED) is 0.907. The van der Waals surface area contributed by atoms with Crippen molar-refractivity contribution in [2.24, 2.45) is 0 Å². The molecule has 0 unspecified atom stereocenters. The van der Waals surface area contributed by atoms with Crippen LogP contribution in [-0.2, 0) is 11.2 Å². The number of hydrogen-bond acceptors (Lipinski definition) is 5. The van der Waals surface area contributed by atoms with Gasteiger partial charge in [0, 0.05) is 12.0 Å². The highest BCUT2D eigenvalue weighted by Gasteiger charge is 2.15. The lowest BCUT2D eigenvalue weighted by Crippen LogP contribution is -1.97. The van der Waals surface area contributed by atoms with Crippen molar-refractivity contribution in [3.63, 3.8) is 0 Å².